The third-order valence-electron chi connectivity index (χ3n) is 5.76. The molecule has 172 valence electrons. The van der Waals surface area contributed by atoms with Crippen LogP contribution in [-0.4, -0.2) is 48.9 Å². The quantitative estimate of drug-likeness (QED) is 0.700. The molecule has 32 heavy (non-hydrogen) atoms. The molecular formula is C22H27F2N5O3. The zero-order chi connectivity index (χ0) is 22.9. The van der Waals surface area contributed by atoms with Crippen molar-refractivity contribution in [1.29, 1.82) is 0 Å². The van der Waals surface area contributed by atoms with Crippen LogP contribution in [0, 0.1) is 12.8 Å². The molecule has 2 heterocycles. The number of nitrogens with one attached hydrogen (secondary N) is 2. The standard InChI is InChI=1S/C22H27F2N5O3/c1-13-11-25-21(28-19(13)29(2)3)26-12-14-4-7-16(8-5-14)27-20(30)15-6-9-17-18(10-15)32-22(23,24)31-17/h6,9-11,14,16H,4-5,7-8,12H2,1-3H3,(H,27,30)(H,25,26,28). The fourth-order valence-corrected chi connectivity index (χ4v) is 4.08. The lowest BCUT2D eigenvalue weighted by Gasteiger charge is -2.29. The lowest BCUT2D eigenvalue weighted by molar-refractivity contribution is -0.286. The number of amides is 1. The lowest BCUT2D eigenvalue weighted by atomic mass is 9.86. The summed E-state index contributed by atoms with van der Waals surface area (Å²) < 4.78 is 35.1. The lowest BCUT2D eigenvalue weighted by Crippen LogP contribution is -2.38. The number of carbonyl (C=O) groups excluding carboxylic acids is 1. The van der Waals surface area contributed by atoms with Gasteiger partial charge in [0, 0.05) is 44.0 Å². The molecule has 1 aliphatic heterocycles. The molecule has 2 aromatic rings. The van der Waals surface area contributed by atoms with E-state index in [1.54, 1.807) is 0 Å². The van der Waals surface area contributed by atoms with Gasteiger partial charge < -0.3 is 25.0 Å². The molecule has 0 spiro atoms. The number of carbonyl (C=O) groups is 1. The molecule has 0 bridgehead atoms. The molecule has 10 heteroatoms. The number of nitrogens with zero attached hydrogens (tertiary/aromatic N) is 3. The van der Waals surface area contributed by atoms with Gasteiger partial charge >= 0.3 is 6.29 Å². The molecule has 1 amide bonds. The number of anilines is 2. The minimum Gasteiger partial charge on any atom is -0.395 e. The summed E-state index contributed by atoms with van der Waals surface area (Å²) in [5.74, 6) is 1.45. The van der Waals surface area contributed by atoms with Crippen LogP contribution < -0.4 is 25.0 Å². The summed E-state index contributed by atoms with van der Waals surface area (Å²) in [6.45, 7) is 2.75. The Balaban J connectivity index is 1.25. The Kier molecular flexibility index (Phi) is 6.03. The summed E-state index contributed by atoms with van der Waals surface area (Å²) in [6, 6.07) is 4.10. The maximum atomic E-state index is 13.2. The Labute approximate surface area is 185 Å². The van der Waals surface area contributed by atoms with Crippen molar-refractivity contribution in [2.24, 2.45) is 5.92 Å². The van der Waals surface area contributed by atoms with Crippen LogP contribution in [0.25, 0.3) is 0 Å². The highest BCUT2D eigenvalue weighted by Gasteiger charge is 2.43. The zero-order valence-electron chi connectivity index (χ0n) is 18.3. The zero-order valence-corrected chi connectivity index (χ0v) is 18.3. The predicted octanol–water partition coefficient (Wildman–Crippen LogP) is 3.57. The Hall–Kier alpha value is -3.17. The number of hydrogen-bond acceptors (Lipinski definition) is 7. The number of aromatic nitrogens is 2. The van der Waals surface area contributed by atoms with E-state index in [0.717, 1.165) is 43.6 Å². The number of aryl methyl sites for hydroxylation is 1. The number of alkyl halides is 2. The van der Waals surface area contributed by atoms with Crippen molar-refractivity contribution in [3.8, 4) is 11.5 Å². The molecule has 8 nitrogen and oxygen atoms in total. The Morgan fingerprint density at radius 3 is 2.62 bits per heavy atom. The summed E-state index contributed by atoms with van der Waals surface area (Å²) >= 11 is 0. The van der Waals surface area contributed by atoms with Gasteiger partial charge in [-0.05, 0) is 56.7 Å². The summed E-state index contributed by atoms with van der Waals surface area (Å²) in [7, 11) is 3.90. The molecule has 2 N–H and O–H groups in total. The first-order valence-corrected chi connectivity index (χ1v) is 10.7. The number of hydrogen-bond donors (Lipinski definition) is 2. The molecule has 1 aromatic carbocycles. The van der Waals surface area contributed by atoms with Crippen LogP contribution in [-0.2, 0) is 0 Å². The van der Waals surface area contributed by atoms with Crippen molar-refractivity contribution < 1.29 is 23.0 Å². The van der Waals surface area contributed by atoms with Gasteiger partial charge in [0.2, 0.25) is 5.95 Å². The first-order valence-electron chi connectivity index (χ1n) is 10.7. The van der Waals surface area contributed by atoms with Crippen molar-refractivity contribution in [2.75, 3.05) is 30.9 Å². The van der Waals surface area contributed by atoms with E-state index in [1.807, 2.05) is 32.1 Å². The van der Waals surface area contributed by atoms with Crippen molar-refractivity contribution in [2.45, 2.75) is 44.9 Å². The molecule has 2 aliphatic rings. The fraction of sp³-hybridized carbons (Fsp3) is 0.500. The van der Waals surface area contributed by atoms with E-state index in [0.29, 0.717) is 11.9 Å². The highest BCUT2D eigenvalue weighted by atomic mass is 19.3. The van der Waals surface area contributed by atoms with Gasteiger partial charge in [0.25, 0.3) is 5.91 Å². The van der Waals surface area contributed by atoms with Gasteiger partial charge in [-0.15, -0.1) is 8.78 Å². The van der Waals surface area contributed by atoms with E-state index in [-0.39, 0.29) is 29.0 Å². The maximum Gasteiger partial charge on any atom is 0.586 e. The van der Waals surface area contributed by atoms with Crippen LogP contribution >= 0.6 is 0 Å². The molecule has 0 atom stereocenters. The highest BCUT2D eigenvalue weighted by molar-refractivity contribution is 5.95. The Morgan fingerprint density at radius 1 is 1.19 bits per heavy atom. The predicted molar refractivity (Wildman–Crippen MR) is 115 cm³/mol. The minimum atomic E-state index is -3.69. The van der Waals surface area contributed by atoms with E-state index in [1.165, 1.54) is 18.2 Å². The van der Waals surface area contributed by atoms with Crippen molar-refractivity contribution >= 4 is 17.7 Å². The molecule has 4 rings (SSSR count). The Bertz CT molecular complexity index is 994. The number of halogens is 2. The second-order valence-corrected chi connectivity index (χ2v) is 8.50. The van der Waals surface area contributed by atoms with E-state index in [2.05, 4.69) is 30.1 Å². The van der Waals surface area contributed by atoms with Gasteiger partial charge in [0.05, 0.1) is 0 Å². The number of fused-ring (bicyclic) bond motifs is 1. The highest BCUT2D eigenvalue weighted by Crippen LogP contribution is 2.41. The molecule has 0 radical (unpaired) electrons. The number of rotatable bonds is 6. The molecule has 1 saturated carbocycles. The number of benzene rings is 1. The van der Waals surface area contributed by atoms with Crippen LogP contribution in [0.5, 0.6) is 11.5 Å². The van der Waals surface area contributed by atoms with Crippen LogP contribution in [0.15, 0.2) is 24.4 Å². The smallest absolute Gasteiger partial charge is 0.395 e. The molecular weight excluding hydrogens is 420 g/mol. The van der Waals surface area contributed by atoms with Gasteiger partial charge in [-0.3, -0.25) is 4.79 Å². The topological polar surface area (TPSA) is 88.6 Å². The second kappa shape index (κ2) is 8.76. The first-order chi connectivity index (χ1) is 15.2. The van der Waals surface area contributed by atoms with E-state index in [4.69, 9.17) is 0 Å². The van der Waals surface area contributed by atoms with E-state index < -0.39 is 6.29 Å². The second-order valence-electron chi connectivity index (χ2n) is 8.50. The average Bonchev–Trinajstić information content (AvgIpc) is 3.06. The van der Waals surface area contributed by atoms with E-state index >= 15 is 0 Å². The van der Waals surface area contributed by atoms with Gasteiger partial charge in [-0.25, -0.2) is 4.98 Å². The summed E-state index contributed by atoms with van der Waals surface area (Å²) in [5.41, 5.74) is 1.29. The van der Waals surface area contributed by atoms with Crippen LogP contribution in [0.2, 0.25) is 0 Å². The SMILES string of the molecule is Cc1cnc(NCC2CCC(NC(=O)c3ccc4c(c3)OC(F)(F)O4)CC2)nc1N(C)C. The minimum absolute atomic E-state index is 0.0431. The largest absolute Gasteiger partial charge is 0.586 e. The van der Waals surface area contributed by atoms with Crippen LogP contribution in [0.4, 0.5) is 20.5 Å². The summed E-state index contributed by atoms with van der Waals surface area (Å²) in [6.07, 6.45) is 1.72. The molecule has 1 fully saturated rings. The fourth-order valence-electron chi connectivity index (χ4n) is 4.08. The van der Waals surface area contributed by atoms with Gasteiger partial charge in [-0.1, -0.05) is 0 Å². The molecule has 0 saturated heterocycles. The van der Waals surface area contributed by atoms with Gasteiger partial charge in [-0.2, -0.15) is 4.98 Å². The number of ether oxygens (including phenoxy) is 2. The third-order valence-corrected chi connectivity index (χ3v) is 5.76. The van der Waals surface area contributed by atoms with Crippen LogP contribution in [0.1, 0.15) is 41.6 Å². The normalized spacial score (nSPS) is 21.2. The summed E-state index contributed by atoms with van der Waals surface area (Å²) in [5, 5.41) is 6.32. The van der Waals surface area contributed by atoms with Gasteiger partial charge in [0.15, 0.2) is 11.5 Å². The average molecular weight is 447 g/mol. The van der Waals surface area contributed by atoms with Crippen molar-refractivity contribution in [3.05, 3.63) is 35.5 Å². The van der Waals surface area contributed by atoms with Crippen LogP contribution in [0.3, 0.4) is 0 Å². The maximum absolute atomic E-state index is 13.2. The van der Waals surface area contributed by atoms with E-state index in [9.17, 15) is 13.6 Å². The molecule has 1 aliphatic carbocycles. The van der Waals surface area contributed by atoms with Crippen molar-refractivity contribution in [3.63, 3.8) is 0 Å². The monoisotopic (exact) mass is 447 g/mol. The third kappa shape index (κ3) is 5.00. The van der Waals surface area contributed by atoms with Gasteiger partial charge in [0.1, 0.15) is 5.82 Å². The molecule has 0 unspecified atom stereocenters. The molecule has 1 aromatic heterocycles. The Morgan fingerprint density at radius 2 is 1.91 bits per heavy atom. The first kappa shape index (κ1) is 22.0. The van der Waals surface area contributed by atoms with Crippen molar-refractivity contribution in [1.82, 2.24) is 15.3 Å². The summed E-state index contributed by atoms with van der Waals surface area (Å²) in [4.78, 5) is 23.4.